The van der Waals surface area contributed by atoms with Gasteiger partial charge in [0.15, 0.2) is 6.79 Å². The van der Waals surface area contributed by atoms with E-state index < -0.39 is 6.09 Å². The number of benzene rings is 2. The summed E-state index contributed by atoms with van der Waals surface area (Å²) in [6.45, 7) is 0.0874. The molecule has 0 saturated heterocycles. The second kappa shape index (κ2) is 9.24. The first-order chi connectivity index (χ1) is 11.3. The van der Waals surface area contributed by atoms with E-state index in [1.54, 1.807) is 36.4 Å². The molecule has 0 atom stereocenters. The van der Waals surface area contributed by atoms with Crippen LogP contribution in [0.3, 0.4) is 0 Å². The summed E-state index contributed by atoms with van der Waals surface area (Å²) in [7, 11) is 1.51. The van der Waals surface area contributed by atoms with E-state index >= 15 is 0 Å². The second-order valence-electron chi connectivity index (χ2n) is 4.37. The highest BCUT2D eigenvalue weighted by Crippen LogP contribution is 2.17. The molecule has 0 fully saturated rings. The number of hydrogen-bond acceptors (Lipinski definition) is 5. The Morgan fingerprint density at radius 3 is 2.39 bits per heavy atom. The molecule has 0 aliphatic heterocycles. The summed E-state index contributed by atoms with van der Waals surface area (Å²) in [4.78, 5) is 18.7. The highest BCUT2D eigenvalue weighted by Gasteiger charge is 2.15. The van der Waals surface area contributed by atoms with Crippen LogP contribution >= 0.6 is 0 Å². The van der Waals surface area contributed by atoms with Crippen LogP contribution in [0, 0.1) is 0 Å². The van der Waals surface area contributed by atoms with Crippen LogP contribution in [-0.4, -0.2) is 20.0 Å². The van der Waals surface area contributed by atoms with Crippen LogP contribution in [-0.2, 0) is 9.57 Å². The third-order valence-corrected chi connectivity index (χ3v) is 2.73. The van der Waals surface area contributed by atoms with Crippen LogP contribution in [0.4, 0.5) is 10.5 Å². The van der Waals surface area contributed by atoms with Gasteiger partial charge in [0.25, 0.3) is 0 Å². The molecule has 120 valence electrons. The lowest BCUT2D eigenvalue weighted by molar-refractivity contribution is -0.0663. The standard InChI is InChI=1S/C17H18N2O4/c1-21-14-22-18-12-13-19(15-8-4-2-5-9-15)17(20)23-16-10-6-3-7-11-16/h2-13,18H,14H2,1H3/b13-12+. The van der Waals surface area contributed by atoms with E-state index in [0.717, 1.165) is 0 Å². The number of nitrogens with one attached hydrogen (secondary N) is 1. The van der Waals surface area contributed by atoms with Gasteiger partial charge in [0.05, 0.1) is 5.69 Å². The molecule has 0 aromatic heterocycles. The summed E-state index contributed by atoms with van der Waals surface area (Å²) in [5.74, 6) is 0.468. The summed E-state index contributed by atoms with van der Waals surface area (Å²) in [6.07, 6.45) is 2.45. The van der Waals surface area contributed by atoms with E-state index in [2.05, 4.69) is 5.48 Å². The fourth-order valence-corrected chi connectivity index (χ4v) is 1.73. The molecule has 2 rings (SSSR count). The third-order valence-electron chi connectivity index (χ3n) is 2.73. The molecule has 0 radical (unpaired) electrons. The van der Waals surface area contributed by atoms with Crippen molar-refractivity contribution in [3.63, 3.8) is 0 Å². The number of nitrogens with zero attached hydrogens (tertiary/aromatic N) is 1. The molecule has 0 spiro atoms. The number of rotatable bonds is 7. The summed E-state index contributed by atoms with van der Waals surface area (Å²) in [5.41, 5.74) is 3.22. The van der Waals surface area contributed by atoms with Crippen LogP contribution in [0.1, 0.15) is 0 Å². The fourth-order valence-electron chi connectivity index (χ4n) is 1.73. The average Bonchev–Trinajstić information content (AvgIpc) is 2.59. The number of methoxy groups -OCH3 is 1. The zero-order valence-corrected chi connectivity index (χ0v) is 12.7. The van der Waals surface area contributed by atoms with Gasteiger partial charge in [-0.2, -0.15) is 0 Å². The van der Waals surface area contributed by atoms with Gasteiger partial charge >= 0.3 is 6.09 Å². The molecular weight excluding hydrogens is 296 g/mol. The van der Waals surface area contributed by atoms with Crippen molar-refractivity contribution in [2.24, 2.45) is 0 Å². The molecule has 1 N–H and O–H groups in total. The smallest absolute Gasteiger partial charge is 0.410 e. The Kier molecular flexibility index (Phi) is 6.65. The van der Waals surface area contributed by atoms with E-state index in [0.29, 0.717) is 11.4 Å². The Morgan fingerprint density at radius 1 is 1.09 bits per heavy atom. The van der Waals surface area contributed by atoms with Gasteiger partial charge in [-0.25, -0.2) is 9.63 Å². The number of ether oxygens (including phenoxy) is 2. The van der Waals surface area contributed by atoms with Gasteiger partial charge in [-0.15, -0.1) is 0 Å². The van der Waals surface area contributed by atoms with Gasteiger partial charge in [0.2, 0.25) is 0 Å². The van der Waals surface area contributed by atoms with Crippen molar-refractivity contribution in [3.8, 4) is 5.75 Å². The molecular formula is C17H18N2O4. The highest BCUT2D eigenvalue weighted by molar-refractivity contribution is 5.90. The second-order valence-corrected chi connectivity index (χ2v) is 4.37. The van der Waals surface area contributed by atoms with Crippen molar-refractivity contribution >= 4 is 11.8 Å². The van der Waals surface area contributed by atoms with Crippen molar-refractivity contribution in [2.75, 3.05) is 18.8 Å². The largest absolute Gasteiger partial charge is 0.423 e. The third kappa shape index (κ3) is 5.46. The summed E-state index contributed by atoms with van der Waals surface area (Å²) in [6, 6.07) is 18.0. The molecule has 6 heteroatoms. The lowest BCUT2D eigenvalue weighted by Gasteiger charge is -2.18. The number of amides is 1. The molecule has 0 unspecified atom stereocenters. The van der Waals surface area contributed by atoms with Gasteiger partial charge in [0.1, 0.15) is 5.75 Å². The van der Waals surface area contributed by atoms with Crippen LogP contribution in [0.25, 0.3) is 0 Å². The number of hydroxylamine groups is 1. The first kappa shape index (κ1) is 16.5. The Labute approximate surface area is 134 Å². The van der Waals surface area contributed by atoms with E-state index in [1.807, 2.05) is 24.3 Å². The van der Waals surface area contributed by atoms with Crippen molar-refractivity contribution in [1.82, 2.24) is 5.48 Å². The predicted molar refractivity (Wildman–Crippen MR) is 86.6 cm³/mol. The lowest BCUT2D eigenvalue weighted by Crippen LogP contribution is -2.29. The number of carbonyl (C=O) groups excluding carboxylic acids is 1. The monoisotopic (exact) mass is 314 g/mol. The van der Waals surface area contributed by atoms with Gasteiger partial charge in [-0.05, 0) is 24.3 Å². The maximum absolute atomic E-state index is 12.4. The Morgan fingerprint density at radius 2 is 1.74 bits per heavy atom. The van der Waals surface area contributed by atoms with Gasteiger partial charge in [0, 0.05) is 19.5 Å². The zero-order chi connectivity index (χ0) is 16.3. The van der Waals surface area contributed by atoms with Crippen molar-refractivity contribution in [2.45, 2.75) is 0 Å². The predicted octanol–water partition coefficient (Wildman–Crippen LogP) is 3.29. The SMILES string of the molecule is COCON/C=C/N(C(=O)Oc1ccccc1)c1ccccc1. The molecule has 0 heterocycles. The van der Waals surface area contributed by atoms with E-state index in [1.165, 1.54) is 24.4 Å². The molecule has 2 aromatic carbocycles. The maximum Gasteiger partial charge on any atom is 0.423 e. The molecule has 23 heavy (non-hydrogen) atoms. The van der Waals surface area contributed by atoms with Crippen molar-refractivity contribution in [1.29, 1.82) is 0 Å². The maximum atomic E-state index is 12.4. The highest BCUT2D eigenvalue weighted by atomic mass is 16.7. The molecule has 0 aliphatic carbocycles. The van der Waals surface area contributed by atoms with E-state index in [-0.39, 0.29) is 6.79 Å². The van der Waals surface area contributed by atoms with Gasteiger partial charge in [-0.3, -0.25) is 10.4 Å². The fraction of sp³-hybridized carbons (Fsp3) is 0.118. The summed E-state index contributed by atoms with van der Waals surface area (Å²) < 4.78 is 10.1. The summed E-state index contributed by atoms with van der Waals surface area (Å²) >= 11 is 0. The average molecular weight is 314 g/mol. The minimum absolute atomic E-state index is 0.0874. The Bertz CT molecular complexity index is 617. The normalized spacial score (nSPS) is 10.5. The van der Waals surface area contributed by atoms with E-state index in [4.69, 9.17) is 14.3 Å². The van der Waals surface area contributed by atoms with E-state index in [9.17, 15) is 4.79 Å². The minimum Gasteiger partial charge on any atom is -0.410 e. The van der Waals surface area contributed by atoms with Crippen LogP contribution < -0.4 is 15.1 Å². The van der Waals surface area contributed by atoms with Crippen LogP contribution in [0.5, 0.6) is 5.75 Å². The molecule has 0 saturated carbocycles. The van der Waals surface area contributed by atoms with Gasteiger partial charge in [-0.1, -0.05) is 36.4 Å². The van der Waals surface area contributed by atoms with Gasteiger partial charge < -0.3 is 9.47 Å². The quantitative estimate of drug-likeness (QED) is 0.483. The number of anilines is 1. The first-order valence-electron chi connectivity index (χ1n) is 6.95. The molecule has 0 bridgehead atoms. The Balaban J connectivity index is 2.08. The molecule has 1 amide bonds. The number of hydrogen-bond donors (Lipinski definition) is 1. The van der Waals surface area contributed by atoms with Crippen molar-refractivity contribution < 1.29 is 19.1 Å². The van der Waals surface area contributed by atoms with Crippen LogP contribution in [0.2, 0.25) is 0 Å². The summed E-state index contributed by atoms with van der Waals surface area (Å²) in [5, 5.41) is 0. The molecule has 0 aliphatic rings. The number of para-hydroxylation sites is 2. The van der Waals surface area contributed by atoms with Crippen LogP contribution in [0.15, 0.2) is 73.1 Å². The lowest BCUT2D eigenvalue weighted by atomic mass is 10.3. The first-order valence-corrected chi connectivity index (χ1v) is 6.95. The number of carbonyl (C=O) groups is 1. The molecule has 2 aromatic rings. The topological polar surface area (TPSA) is 60.0 Å². The minimum atomic E-state index is -0.535. The van der Waals surface area contributed by atoms with Crippen molar-refractivity contribution in [3.05, 3.63) is 73.1 Å². The molecule has 6 nitrogen and oxygen atoms in total. The zero-order valence-electron chi connectivity index (χ0n) is 12.7. The Hall–Kier alpha value is -2.83.